The van der Waals surface area contributed by atoms with E-state index in [-0.39, 0.29) is 12.0 Å². The van der Waals surface area contributed by atoms with Gasteiger partial charge in [0.1, 0.15) is 11.5 Å². The number of hydrazine groups is 1. The Hall–Kier alpha value is -2.42. The van der Waals surface area contributed by atoms with Crippen molar-refractivity contribution in [1.82, 2.24) is 20.1 Å². The van der Waals surface area contributed by atoms with E-state index in [4.69, 9.17) is 15.1 Å². The van der Waals surface area contributed by atoms with Crippen LogP contribution in [-0.4, -0.2) is 26.7 Å². The van der Waals surface area contributed by atoms with Gasteiger partial charge in [0.25, 0.3) is 0 Å². The van der Waals surface area contributed by atoms with Crippen LogP contribution in [0.3, 0.4) is 0 Å². The summed E-state index contributed by atoms with van der Waals surface area (Å²) in [6, 6.07) is 2.04. The molecule has 0 spiro atoms. The standard InChI is InChI=1S/C11H17N7O2/c1-3-4-19-11-15-9(14-10(16-11)17-12)13-6-8-5-7(2)20-18-8/h5H,3-4,6,12H2,1-2H3,(H2,13,14,15,16,17). The molecule has 2 rings (SSSR count). The Labute approximate surface area is 115 Å². The molecule has 2 aromatic heterocycles. The van der Waals surface area contributed by atoms with E-state index in [0.29, 0.717) is 19.1 Å². The minimum absolute atomic E-state index is 0.216. The normalized spacial score (nSPS) is 10.3. The number of nitrogens with zero attached hydrogens (tertiary/aromatic N) is 4. The minimum atomic E-state index is 0.216. The minimum Gasteiger partial charge on any atom is -0.463 e. The summed E-state index contributed by atoms with van der Waals surface area (Å²) in [5.41, 5.74) is 3.12. The second-order valence-electron chi connectivity index (χ2n) is 4.04. The molecule has 2 aromatic rings. The van der Waals surface area contributed by atoms with Crippen LogP contribution in [0.4, 0.5) is 11.9 Å². The quantitative estimate of drug-likeness (QED) is 0.499. The molecule has 0 saturated carbocycles. The van der Waals surface area contributed by atoms with Gasteiger partial charge in [-0.25, -0.2) is 5.84 Å². The van der Waals surface area contributed by atoms with Gasteiger partial charge in [0.05, 0.1) is 13.2 Å². The molecular formula is C11H17N7O2. The fraction of sp³-hybridized carbons (Fsp3) is 0.455. The van der Waals surface area contributed by atoms with Crippen LogP contribution in [0.25, 0.3) is 0 Å². The highest BCUT2D eigenvalue weighted by Crippen LogP contribution is 2.12. The van der Waals surface area contributed by atoms with Crippen LogP contribution in [0, 0.1) is 6.92 Å². The van der Waals surface area contributed by atoms with Gasteiger partial charge in [0.15, 0.2) is 0 Å². The second-order valence-corrected chi connectivity index (χ2v) is 4.04. The van der Waals surface area contributed by atoms with Gasteiger partial charge in [-0.1, -0.05) is 12.1 Å². The third-order valence-corrected chi connectivity index (χ3v) is 2.28. The molecule has 0 atom stereocenters. The van der Waals surface area contributed by atoms with Gasteiger partial charge in [-0.3, -0.25) is 5.43 Å². The van der Waals surface area contributed by atoms with E-state index in [1.165, 1.54) is 0 Å². The molecule has 0 unspecified atom stereocenters. The fourth-order valence-corrected chi connectivity index (χ4v) is 1.43. The summed E-state index contributed by atoms with van der Waals surface area (Å²) >= 11 is 0. The molecule has 0 aliphatic rings. The summed E-state index contributed by atoms with van der Waals surface area (Å²) in [5, 5.41) is 6.87. The molecule has 4 N–H and O–H groups in total. The second kappa shape index (κ2) is 6.66. The van der Waals surface area contributed by atoms with E-state index in [1.807, 2.05) is 19.9 Å². The monoisotopic (exact) mass is 279 g/mol. The Morgan fingerprint density at radius 1 is 1.30 bits per heavy atom. The highest BCUT2D eigenvalue weighted by Gasteiger charge is 2.07. The summed E-state index contributed by atoms with van der Waals surface area (Å²) in [4.78, 5) is 12.2. The van der Waals surface area contributed by atoms with Crippen molar-refractivity contribution < 1.29 is 9.26 Å². The lowest BCUT2D eigenvalue weighted by atomic mass is 10.4. The zero-order chi connectivity index (χ0) is 14.4. The molecule has 0 bridgehead atoms. The van der Waals surface area contributed by atoms with Crippen molar-refractivity contribution in [2.45, 2.75) is 26.8 Å². The average molecular weight is 279 g/mol. The molecule has 0 saturated heterocycles. The summed E-state index contributed by atoms with van der Waals surface area (Å²) in [6.07, 6.45) is 0.859. The van der Waals surface area contributed by atoms with Gasteiger partial charge in [-0.15, -0.1) is 0 Å². The van der Waals surface area contributed by atoms with Crippen LogP contribution in [0.1, 0.15) is 24.8 Å². The van der Waals surface area contributed by atoms with Crippen LogP contribution >= 0.6 is 0 Å². The van der Waals surface area contributed by atoms with E-state index in [9.17, 15) is 0 Å². The third kappa shape index (κ3) is 3.79. The summed E-state index contributed by atoms with van der Waals surface area (Å²) in [5.74, 6) is 6.63. The fourth-order valence-electron chi connectivity index (χ4n) is 1.43. The number of ether oxygens (including phenoxy) is 1. The molecule has 0 fully saturated rings. The van der Waals surface area contributed by atoms with E-state index < -0.39 is 0 Å². The van der Waals surface area contributed by atoms with E-state index in [0.717, 1.165) is 17.9 Å². The maximum absolute atomic E-state index is 5.36. The first kappa shape index (κ1) is 14.0. The van der Waals surface area contributed by atoms with Crippen LogP contribution in [0.15, 0.2) is 10.6 Å². The van der Waals surface area contributed by atoms with E-state index >= 15 is 0 Å². The molecule has 108 valence electrons. The molecule has 2 heterocycles. The number of hydrogen-bond acceptors (Lipinski definition) is 9. The lowest BCUT2D eigenvalue weighted by Crippen LogP contribution is -2.14. The molecule has 9 heteroatoms. The highest BCUT2D eigenvalue weighted by molar-refractivity contribution is 5.35. The van der Waals surface area contributed by atoms with Crippen molar-refractivity contribution in [2.24, 2.45) is 5.84 Å². The number of nitrogens with one attached hydrogen (secondary N) is 2. The SMILES string of the molecule is CCCOc1nc(NN)nc(NCc2cc(C)on2)n1. The largest absolute Gasteiger partial charge is 0.463 e. The molecule has 0 radical (unpaired) electrons. The topological polar surface area (TPSA) is 124 Å². The number of nitrogens with two attached hydrogens (primary N) is 1. The Kier molecular flexibility index (Phi) is 4.66. The number of anilines is 2. The van der Waals surface area contributed by atoms with Gasteiger partial charge in [-0.2, -0.15) is 15.0 Å². The maximum atomic E-state index is 5.36. The average Bonchev–Trinajstić information content (AvgIpc) is 2.88. The summed E-state index contributed by atoms with van der Waals surface area (Å²) in [7, 11) is 0. The number of aryl methyl sites for hydroxylation is 1. The van der Waals surface area contributed by atoms with Crippen molar-refractivity contribution >= 4 is 11.9 Å². The zero-order valence-electron chi connectivity index (χ0n) is 11.4. The van der Waals surface area contributed by atoms with Crippen molar-refractivity contribution in [3.8, 4) is 6.01 Å². The zero-order valence-corrected chi connectivity index (χ0v) is 11.4. The van der Waals surface area contributed by atoms with Crippen LogP contribution in [0.2, 0.25) is 0 Å². The maximum Gasteiger partial charge on any atom is 0.323 e. The molecule has 0 aliphatic heterocycles. The molecule has 0 aliphatic carbocycles. The van der Waals surface area contributed by atoms with Crippen molar-refractivity contribution in [3.05, 3.63) is 17.5 Å². The van der Waals surface area contributed by atoms with Crippen LogP contribution in [0.5, 0.6) is 6.01 Å². The van der Waals surface area contributed by atoms with Gasteiger partial charge in [0, 0.05) is 6.07 Å². The van der Waals surface area contributed by atoms with Crippen molar-refractivity contribution in [3.63, 3.8) is 0 Å². The predicted molar refractivity (Wildman–Crippen MR) is 72.0 cm³/mol. The Morgan fingerprint density at radius 2 is 2.10 bits per heavy atom. The lowest BCUT2D eigenvalue weighted by molar-refractivity contribution is 0.292. The number of aromatic nitrogens is 4. The van der Waals surface area contributed by atoms with Gasteiger partial charge < -0.3 is 14.6 Å². The van der Waals surface area contributed by atoms with E-state index in [1.54, 1.807) is 0 Å². The summed E-state index contributed by atoms with van der Waals surface area (Å²) < 4.78 is 10.3. The van der Waals surface area contributed by atoms with Gasteiger partial charge in [-0.05, 0) is 13.3 Å². The number of rotatable bonds is 7. The van der Waals surface area contributed by atoms with Crippen molar-refractivity contribution in [2.75, 3.05) is 17.3 Å². The number of nitrogen functional groups attached to an aromatic ring is 1. The van der Waals surface area contributed by atoms with Gasteiger partial charge >= 0.3 is 6.01 Å². The third-order valence-electron chi connectivity index (χ3n) is 2.28. The van der Waals surface area contributed by atoms with Crippen LogP contribution in [-0.2, 0) is 6.54 Å². The Bertz CT molecular complexity index is 557. The highest BCUT2D eigenvalue weighted by atomic mass is 16.5. The first-order valence-corrected chi connectivity index (χ1v) is 6.22. The molecule has 0 aromatic carbocycles. The van der Waals surface area contributed by atoms with Crippen LogP contribution < -0.4 is 21.3 Å². The Balaban J connectivity index is 2.05. The Morgan fingerprint density at radius 3 is 2.75 bits per heavy atom. The molecular weight excluding hydrogens is 262 g/mol. The van der Waals surface area contributed by atoms with E-state index in [2.05, 4.69) is 30.9 Å². The van der Waals surface area contributed by atoms with Gasteiger partial charge in [0.2, 0.25) is 11.9 Å². The molecule has 20 heavy (non-hydrogen) atoms. The first-order valence-electron chi connectivity index (χ1n) is 6.22. The smallest absolute Gasteiger partial charge is 0.323 e. The molecule has 9 nitrogen and oxygen atoms in total. The number of hydrogen-bond donors (Lipinski definition) is 3. The predicted octanol–water partition coefficient (Wildman–Crippen LogP) is 0.855. The summed E-state index contributed by atoms with van der Waals surface area (Å²) in [6.45, 7) is 4.77. The first-order chi connectivity index (χ1) is 9.71. The lowest BCUT2D eigenvalue weighted by Gasteiger charge is -2.07. The van der Waals surface area contributed by atoms with Crippen molar-refractivity contribution in [1.29, 1.82) is 0 Å². The molecule has 0 amide bonds.